The number of sulfonamides is 1. The summed E-state index contributed by atoms with van der Waals surface area (Å²) in [6, 6.07) is 4.75. The molecule has 108 valence electrons. The number of non-ortho nitro benzene ring substituents is 1. The highest BCUT2D eigenvalue weighted by Crippen LogP contribution is 2.19. The van der Waals surface area contributed by atoms with Gasteiger partial charge in [-0.15, -0.1) is 4.40 Å². The molecule has 20 heavy (non-hydrogen) atoms. The van der Waals surface area contributed by atoms with Crippen LogP contribution in [0.25, 0.3) is 0 Å². The Hall–Kier alpha value is -1.96. The van der Waals surface area contributed by atoms with Crippen molar-refractivity contribution >= 4 is 21.5 Å². The number of nitro benzene ring substituents is 1. The van der Waals surface area contributed by atoms with E-state index in [-0.39, 0.29) is 10.6 Å². The predicted molar refractivity (Wildman–Crippen MR) is 74.2 cm³/mol. The van der Waals surface area contributed by atoms with Crippen molar-refractivity contribution in [3.8, 4) is 0 Å². The zero-order valence-corrected chi connectivity index (χ0v) is 11.8. The number of hydrogen-bond donors (Lipinski definition) is 0. The Morgan fingerprint density at radius 1 is 1.25 bits per heavy atom. The largest absolute Gasteiger partial charge is 0.362 e. The standard InChI is InChI=1S/C12H15N3O4S/c1-14-9-3-2-4-12(14)13-20(18,19)11-7-5-10(6-8-11)15(16)17/h5-8H,2-4,9H2,1H3/b13-12+. The highest BCUT2D eigenvalue weighted by Gasteiger charge is 2.19. The third kappa shape index (κ3) is 3.13. The number of piperidine rings is 1. The molecule has 0 spiro atoms. The van der Waals surface area contributed by atoms with Crippen molar-refractivity contribution in [1.29, 1.82) is 0 Å². The maximum atomic E-state index is 12.1. The van der Waals surface area contributed by atoms with Crippen LogP contribution in [0, 0.1) is 10.1 Å². The summed E-state index contributed by atoms with van der Waals surface area (Å²) in [6.07, 6.45) is 2.56. The average molecular weight is 297 g/mol. The third-order valence-electron chi connectivity index (χ3n) is 3.16. The summed E-state index contributed by atoms with van der Waals surface area (Å²) in [4.78, 5) is 11.8. The van der Waals surface area contributed by atoms with Crippen molar-refractivity contribution < 1.29 is 13.3 Å². The van der Waals surface area contributed by atoms with E-state index in [0.29, 0.717) is 12.3 Å². The van der Waals surface area contributed by atoms with E-state index in [0.717, 1.165) is 31.5 Å². The Morgan fingerprint density at radius 2 is 1.90 bits per heavy atom. The minimum Gasteiger partial charge on any atom is -0.362 e. The fourth-order valence-electron chi connectivity index (χ4n) is 2.00. The second kappa shape index (κ2) is 5.58. The Bertz CT molecular complexity index is 637. The van der Waals surface area contributed by atoms with E-state index in [1.54, 1.807) is 0 Å². The second-order valence-electron chi connectivity index (χ2n) is 4.61. The highest BCUT2D eigenvalue weighted by atomic mass is 32.2. The van der Waals surface area contributed by atoms with Gasteiger partial charge >= 0.3 is 0 Å². The fraction of sp³-hybridized carbons (Fsp3) is 0.417. The smallest absolute Gasteiger partial charge is 0.283 e. The average Bonchev–Trinajstić information content (AvgIpc) is 2.41. The molecule has 1 aliphatic heterocycles. The van der Waals surface area contributed by atoms with E-state index in [4.69, 9.17) is 0 Å². The number of nitro groups is 1. The lowest BCUT2D eigenvalue weighted by Crippen LogP contribution is -2.32. The summed E-state index contributed by atoms with van der Waals surface area (Å²) in [5, 5.41) is 10.5. The first-order valence-electron chi connectivity index (χ1n) is 6.19. The van der Waals surface area contributed by atoms with Crippen molar-refractivity contribution in [2.75, 3.05) is 13.6 Å². The second-order valence-corrected chi connectivity index (χ2v) is 6.22. The Labute approximate surface area is 117 Å². The number of hydrogen-bond acceptors (Lipinski definition) is 4. The first-order valence-corrected chi connectivity index (χ1v) is 7.63. The molecule has 0 N–H and O–H groups in total. The van der Waals surface area contributed by atoms with E-state index < -0.39 is 14.9 Å². The van der Waals surface area contributed by atoms with E-state index in [1.807, 2.05) is 11.9 Å². The van der Waals surface area contributed by atoms with Crippen LogP contribution in [0.2, 0.25) is 0 Å². The van der Waals surface area contributed by atoms with Gasteiger partial charge in [-0.1, -0.05) is 0 Å². The van der Waals surface area contributed by atoms with Gasteiger partial charge in [0.15, 0.2) is 0 Å². The molecule has 8 heteroatoms. The lowest BCUT2D eigenvalue weighted by molar-refractivity contribution is -0.384. The van der Waals surface area contributed by atoms with Crippen LogP contribution in [0.3, 0.4) is 0 Å². The Balaban J connectivity index is 2.30. The van der Waals surface area contributed by atoms with Gasteiger partial charge in [-0.2, -0.15) is 8.42 Å². The van der Waals surface area contributed by atoms with Crippen molar-refractivity contribution in [3.63, 3.8) is 0 Å². The number of nitrogens with zero attached hydrogens (tertiary/aromatic N) is 3. The van der Waals surface area contributed by atoms with Gasteiger partial charge < -0.3 is 4.90 Å². The Kier molecular flexibility index (Phi) is 4.03. The normalized spacial score (nSPS) is 18.2. The molecule has 0 amide bonds. The molecule has 0 radical (unpaired) electrons. The fourth-order valence-corrected chi connectivity index (χ4v) is 3.09. The lowest BCUT2D eigenvalue weighted by Gasteiger charge is -2.25. The van der Waals surface area contributed by atoms with Crippen LogP contribution in [-0.4, -0.2) is 37.7 Å². The zero-order chi connectivity index (χ0) is 14.8. The van der Waals surface area contributed by atoms with Crippen LogP contribution in [0.1, 0.15) is 19.3 Å². The lowest BCUT2D eigenvalue weighted by atomic mass is 10.1. The molecule has 0 aromatic heterocycles. The van der Waals surface area contributed by atoms with Crippen LogP contribution in [0.5, 0.6) is 0 Å². The van der Waals surface area contributed by atoms with Crippen molar-refractivity contribution in [2.24, 2.45) is 4.40 Å². The maximum Gasteiger partial charge on any atom is 0.283 e. The van der Waals surface area contributed by atoms with Crippen molar-refractivity contribution in [2.45, 2.75) is 24.2 Å². The monoisotopic (exact) mass is 297 g/mol. The minimum absolute atomic E-state index is 0.0328. The summed E-state index contributed by atoms with van der Waals surface area (Å²) in [5.41, 5.74) is -0.147. The molecule has 1 aromatic carbocycles. The van der Waals surface area contributed by atoms with E-state index in [2.05, 4.69) is 4.40 Å². The quantitative estimate of drug-likeness (QED) is 0.626. The van der Waals surface area contributed by atoms with Gasteiger partial charge in [-0.05, 0) is 25.0 Å². The van der Waals surface area contributed by atoms with Gasteiger partial charge in [0, 0.05) is 32.1 Å². The molecule has 2 rings (SSSR count). The highest BCUT2D eigenvalue weighted by molar-refractivity contribution is 7.90. The van der Waals surface area contributed by atoms with Gasteiger partial charge in [-0.3, -0.25) is 10.1 Å². The Morgan fingerprint density at radius 3 is 2.45 bits per heavy atom. The van der Waals surface area contributed by atoms with Gasteiger partial charge in [-0.25, -0.2) is 0 Å². The van der Waals surface area contributed by atoms with E-state index in [1.165, 1.54) is 12.1 Å². The molecular formula is C12H15N3O4S. The molecule has 0 unspecified atom stereocenters. The first kappa shape index (κ1) is 14.4. The van der Waals surface area contributed by atoms with Gasteiger partial charge in [0.05, 0.1) is 9.82 Å². The van der Waals surface area contributed by atoms with Crippen molar-refractivity contribution in [3.05, 3.63) is 34.4 Å². The molecule has 1 heterocycles. The minimum atomic E-state index is -3.81. The van der Waals surface area contributed by atoms with E-state index in [9.17, 15) is 18.5 Å². The van der Waals surface area contributed by atoms with E-state index >= 15 is 0 Å². The van der Waals surface area contributed by atoms with Crippen molar-refractivity contribution in [1.82, 2.24) is 4.90 Å². The summed E-state index contributed by atoms with van der Waals surface area (Å²) in [7, 11) is -2.00. The molecular weight excluding hydrogens is 282 g/mol. The molecule has 1 aliphatic rings. The number of likely N-dealkylation sites (tertiary alicyclic amines) is 1. The van der Waals surface area contributed by atoms with Crippen LogP contribution in [-0.2, 0) is 10.0 Å². The summed E-state index contributed by atoms with van der Waals surface area (Å²) in [6.45, 7) is 0.786. The topological polar surface area (TPSA) is 92.9 Å². The number of rotatable bonds is 3. The first-order chi connectivity index (χ1) is 9.40. The van der Waals surface area contributed by atoms with Gasteiger partial charge in [0.2, 0.25) is 0 Å². The maximum absolute atomic E-state index is 12.1. The third-order valence-corrected chi connectivity index (χ3v) is 4.47. The summed E-state index contributed by atoms with van der Waals surface area (Å²) >= 11 is 0. The predicted octanol–water partition coefficient (Wildman–Crippen LogP) is 1.80. The van der Waals surface area contributed by atoms with Crippen LogP contribution >= 0.6 is 0 Å². The van der Waals surface area contributed by atoms with Crippen LogP contribution in [0.4, 0.5) is 5.69 Å². The summed E-state index contributed by atoms with van der Waals surface area (Å²) < 4.78 is 28.1. The van der Waals surface area contributed by atoms with Crippen LogP contribution in [0.15, 0.2) is 33.6 Å². The van der Waals surface area contributed by atoms with Crippen LogP contribution < -0.4 is 0 Å². The number of benzene rings is 1. The summed E-state index contributed by atoms with van der Waals surface area (Å²) in [5.74, 6) is 0.537. The SMILES string of the molecule is CN1CCCC/C1=N\S(=O)(=O)c1ccc([N+](=O)[O-])cc1. The van der Waals surface area contributed by atoms with Gasteiger partial charge in [0.25, 0.3) is 15.7 Å². The molecule has 1 aromatic rings. The zero-order valence-electron chi connectivity index (χ0n) is 11.0. The molecule has 0 saturated carbocycles. The molecule has 1 saturated heterocycles. The number of amidine groups is 1. The molecule has 7 nitrogen and oxygen atoms in total. The van der Waals surface area contributed by atoms with Gasteiger partial charge in [0.1, 0.15) is 5.84 Å². The molecule has 0 atom stereocenters. The molecule has 1 fully saturated rings. The molecule has 0 aliphatic carbocycles. The molecule has 0 bridgehead atoms.